The van der Waals surface area contributed by atoms with Gasteiger partial charge in [0.2, 0.25) is 0 Å². The molecule has 0 heterocycles. The summed E-state index contributed by atoms with van der Waals surface area (Å²) in [5.74, 6) is 0. The van der Waals surface area contributed by atoms with Crippen molar-refractivity contribution in [3.05, 3.63) is 64.7 Å². The Morgan fingerprint density at radius 2 is 1.58 bits per heavy atom. The van der Waals surface area contributed by atoms with Crippen LogP contribution in [0.3, 0.4) is 0 Å². The Morgan fingerprint density at radius 3 is 2.17 bits per heavy atom. The molecule has 1 saturated carbocycles. The van der Waals surface area contributed by atoms with E-state index < -0.39 is 10.1 Å². The molecule has 0 N–H and O–H groups in total. The number of benzene rings is 2. The van der Waals surface area contributed by atoms with Crippen molar-refractivity contribution < 1.29 is 12.6 Å². The molecule has 0 aliphatic heterocycles. The van der Waals surface area contributed by atoms with E-state index in [-0.39, 0.29) is 16.9 Å². The summed E-state index contributed by atoms with van der Waals surface area (Å²) in [6.07, 6.45) is 4.02. The third-order valence-electron chi connectivity index (χ3n) is 4.82. The fraction of sp³-hybridized carbons (Fsp3) is 0.368. The Labute approximate surface area is 148 Å². The lowest BCUT2D eigenvalue weighted by Crippen LogP contribution is -2.30. The molecule has 0 unspecified atom stereocenters. The molecule has 128 valence electrons. The van der Waals surface area contributed by atoms with Gasteiger partial charge in [0, 0.05) is 10.4 Å². The molecule has 1 aliphatic rings. The summed E-state index contributed by atoms with van der Waals surface area (Å²) in [6.45, 7) is 2.09. The minimum absolute atomic E-state index is 0.171. The van der Waals surface area contributed by atoms with Crippen LogP contribution in [-0.4, -0.2) is 15.0 Å². The maximum atomic E-state index is 12.5. The zero-order valence-corrected chi connectivity index (χ0v) is 15.2. The van der Waals surface area contributed by atoms with Crippen LogP contribution in [0.4, 0.5) is 0 Å². The Morgan fingerprint density at radius 1 is 1.00 bits per heavy atom. The maximum absolute atomic E-state index is 12.5. The zero-order valence-electron chi connectivity index (χ0n) is 13.7. The van der Waals surface area contributed by atoms with E-state index in [1.165, 1.54) is 0 Å². The lowest BCUT2D eigenvalue weighted by atomic mass is 9.80. The third-order valence-corrected chi connectivity index (χ3v) is 6.35. The number of hydrogen-bond acceptors (Lipinski definition) is 3. The van der Waals surface area contributed by atoms with Gasteiger partial charge in [-0.3, -0.25) is 4.18 Å². The van der Waals surface area contributed by atoms with Gasteiger partial charge in [0.25, 0.3) is 10.1 Å². The van der Waals surface area contributed by atoms with Crippen LogP contribution in [-0.2, 0) is 19.7 Å². The monoisotopic (exact) mass is 364 g/mol. The molecule has 0 saturated heterocycles. The van der Waals surface area contributed by atoms with E-state index in [0.29, 0.717) is 5.02 Å². The molecular weight excluding hydrogens is 344 g/mol. The minimum atomic E-state index is -3.74. The largest absolute Gasteiger partial charge is 0.297 e. The molecule has 0 bridgehead atoms. The van der Waals surface area contributed by atoms with Crippen molar-refractivity contribution >= 4 is 21.7 Å². The fourth-order valence-electron chi connectivity index (χ4n) is 3.33. The first-order valence-electron chi connectivity index (χ1n) is 8.14. The van der Waals surface area contributed by atoms with Crippen LogP contribution in [0.25, 0.3) is 0 Å². The van der Waals surface area contributed by atoms with Crippen molar-refractivity contribution in [3.63, 3.8) is 0 Å². The van der Waals surface area contributed by atoms with Crippen LogP contribution >= 0.6 is 11.6 Å². The van der Waals surface area contributed by atoms with Crippen LogP contribution in [0, 0.1) is 6.92 Å². The fourth-order valence-corrected chi connectivity index (χ4v) is 4.45. The highest BCUT2D eigenvalue weighted by Crippen LogP contribution is 2.42. The van der Waals surface area contributed by atoms with Crippen molar-refractivity contribution in [3.8, 4) is 0 Å². The summed E-state index contributed by atoms with van der Waals surface area (Å²) >= 11 is 5.98. The van der Waals surface area contributed by atoms with Crippen LogP contribution in [0.2, 0.25) is 5.02 Å². The summed E-state index contributed by atoms with van der Waals surface area (Å²) in [5, 5.41) is 0.681. The van der Waals surface area contributed by atoms with E-state index >= 15 is 0 Å². The summed E-state index contributed by atoms with van der Waals surface area (Å²) in [7, 11) is -3.74. The van der Waals surface area contributed by atoms with Crippen molar-refractivity contribution in [2.45, 2.75) is 42.9 Å². The average molecular weight is 365 g/mol. The molecule has 0 atom stereocenters. The van der Waals surface area contributed by atoms with E-state index in [1.807, 2.05) is 31.2 Å². The van der Waals surface area contributed by atoms with Crippen molar-refractivity contribution in [1.82, 2.24) is 0 Å². The molecule has 0 aromatic heterocycles. The first-order valence-corrected chi connectivity index (χ1v) is 9.92. The standard InChI is InChI=1S/C19H21ClO3S/c1-15-4-10-18(11-5-15)24(21,22)23-14-19(12-2-3-13-19)16-6-8-17(20)9-7-16/h4-11H,2-3,12-14H2,1H3. The quantitative estimate of drug-likeness (QED) is 0.711. The predicted molar refractivity (Wildman–Crippen MR) is 95.9 cm³/mol. The van der Waals surface area contributed by atoms with Gasteiger partial charge in [0.15, 0.2) is 0 Å². The second kappa shape index (κ2) is 6.87. The highest BCUT2D eigenvalue weighted by atomic mass is 35.5. The van der Waals surface area contributed by atoms with Crippen molar-refractivity contribution in [2.24, 2.45) is 0 Å². The number of hydrogen-bond donors (Lipinski definition) is 0. The summed E-state index contributed by atoms with van der Waals surface area (Å²) in [4.78, 5) is 0.206. The Bertz CT molecular complexity index is 790. The molecule has 2 aromatic rings. The van der Waals surface area contributed by atoms with Gasteiger partial charge < -0.3 is 0 Å². The van der Waals surface area contributed by atoms with Crippen molar-refractivity contribution in [2.75, 3.05) is 6.61 Å². The summed E-state index contributed by atoms with van der Waals surface area (Å²) < 4.78 is 30.4. The predicted octanol–water partition coefficient (Wildman–Crippen LogP) is 4.87. The SMILES string of the molecule is Cc1ccc(S(=O)(=O)OCC2(c3ccc(Cl)cc3)CCCC2)cc1. The van der Waals surface area contributed by atoms with E-state index in [1.54, 1.807) is 24.3 Å². The summed E-state index contributed by atoms with van der Waals surface area (Å²) in [5.41, 5.74) is 1.87. The second-order valence-corrected chi connectivity index (χ2v) is 8.58. The van der Waals surface area contributed by atoms with Gasteiger partial charge in [0.1, 0.15) is 0 Å². The van der Waals surface area contributed by atoms with Gasteiger partial charge in [0.05, 0.1) is 11.5 Å². The van der Waals surface area contributed by atoms with Gasteiger partial charge in [-0.1, -0.05) is 54.3 Å². The molecule has 0 amide bonds. The highest BCUT2D eigenvalue weighted by molar-refractivity contribution is 7.86. The van der Waals surface area contributed by atoms with E-state index in [2.05, 4.69) is 0 Å². The zero-order chi connectivity index (χ0) is 17.2. The lowest BCUT2D eigenvalue weighted by Gasteiger charge is -2.29. The summed E-state index contributed by atoms with van der Waals surface area (Å²) in [6, 6.07) is 14.4. The van der Waals surface area contributed by atoms with Gasteiger partial charge >= 0.3 is 0 Å². The molecule has 3 nitrogen and oxygen atoms in total. The number of rotatable bonds is 5. The van der Waals surface area contributed by atoms with Gasteiger partial charge in [-0.15, -0.1) is 0 Å². The molecule has 5 heteroatoms. The van der Waals surface area contributed by atoms with Crippen molar-refractivity contribution in [1.29, 1.82) is 0 Å². The maximum Gasteiger partial charge on any atom is 0.297 e. The molecule has 0 radical (unpaired) electrons. The van der Waals surface area contributed by atoms with Crippen LogP contribution in [0.5, 0.6) is 0 Å². The van der Waals surface area contributed by atoms with Gasteiger partial charge in [-0.25, -0.2) is 0 Å². The first-order chi connectivity index (χ1) is 11.4. The molecular formula is C19H21ClO3S. The molecule has 1 aliphatic carbocycles. The Kier molecular flexibility index (Phi) is 5.00. The first kappa shape index (κ1) is 17.5. The van der Waals surface area contributed by atoms with E-state index in [0.717, 1.165) is 36.8 Å². The normalized spacial score (nSPS) is 17.1. The van der Waals surface area contributed by atoms with Crippen LogP contribution in [0.15, 0.2) is 53.4 Å². The molecule has 24 heavy (non-hydrogen) atoms. The molecule has 1 fully saturated rings. The van der Waals surface area contributed by atoms with Gasteiger partial charge in [-0.05, 0) is 49.6 Å². The second-order valence-electron chi connectivity index (χ2n) is 6.52. The van der Waals surface area contributed by atoms with E-state index in [9.17, 15) is 8.42 Å². The lowest BCUT2D eigenvalue weighted by molar-refractivity contribution is 0.222. The Balaban J connectivity index is 1.82. The van der Waals surface area contributed by atoms with Gasteiger partial charge in [-0.2, -0.15) is 8.42 Å². The molecule has 2 aromatic carbocycles. The Hall–Kier alpha value is -1.36. The minimum Gasteiger partial charge on any atom is -0.265 e. The van der Waals surface area contributed by atoms with Crippen LogP contribution < -0.4 is 0 Å². The third kappa shape index (κ3) is 3.66. The molecule has 0 spiro atoms. The number of aryl methyl sites for hydroxylation is 1. The van der Waals surface area contributed by atoms with Crippen LogP contribution in [0.1, 0.15) is 36.8 Å². The smallest absolute Gasteiger partial charge is 0.265 e. The highest BCUT2D eigenvalue weighted by Gasteiger charge is 2.37. The number of halogens is 1. The van der Waals surface area contributed by atoms with E-state index in [4.69, 9.17) is 15.8 Å². The average Bonchev–Trinajstić information content (AvgIpc) is 3.04. The topological polar surface area (TPSA) is 43.4 Å². The molecule has 3 rings (SSSR count).